The zero-order chi connectivity index (χ0) is 11.5. The lowest BCUT2D eigenvalue weighted by Gasteiger charge is -2.27. The van der Waals surface area contributed by atoms with Crippen LogP contribution in [0.3, 0.4) is 0 Å². The quantitative estimate of drug-likeness (QED) is 0.747. The van der Waals surface area contributed by atoms with E-state index in [0.717, 1.165) is 25.3 Å². The van der Waals surface area contributed by atoms with Crippen molar-refractivity contribution in [1.29, 1.82) is 0 Å². The molecule has 15 heavy (non-hydrogen) atoms. The molecule has 88 valence electrons. The van der Waals surface area contributed by atoms with Crippen molar-refractivity contribution < 1.29 is 4.79 Å². The Balaban J connectivity index is 2.29. The fraction of sp³-hybridized carbons (Fsp3) is 0.923. The summed E-state index contributed by atoms with van der Waals surface area (Å²) >= 11 is 0. The molecule has 0 unspecified atom stereocenters. The Kier molecular flexibility index (Phi) is 4.18. The molecule has 1 N–H and O–H groups in total. The van der Waals surface area contributed by atoms with Crippen molar-refractivity contribution >= 4 is 5.91 Å². The zero-order valence-corrected chi connectivity index (χ0v) is 10.6. The third-order valence-corrected chi connectivity index (χ3v) is 3.18. The Morgan fingerprint density at radius 3 is 2.20 bits per heavy atom. The Bertz CT molecular complexity index is 209. The minimum absolute atomic E-state index is 0.192. The maximum Gasteiger partial charge on any atom is 0.223 e. The number of amides is 1. The van der Waals surface area contributed by atoms with Gasteiger partial charge in [0.05, 0.1) is 0 Å². The maximum absolute atomic E-state index is 11.8. The van der Waals surface area contributed by atoms with Crippen molar-refractivity contribution in [1.82, 2.24) is 5.32 Å². The normalized spacial score (nSPS) is 27.5. The van der Waals surface area contributed by atoms with Gasteiger partial charge in [0.1, 0.15) is 0 Å². The van der Waals surface area contributed by atoms with Crippen LogP contribution in [0.25, 0.3) is 0 Å². The highest BCUT2D eigenvalue weighted by molar-refractivity contribution is 5.78. The average molecular weight is 211 g/mol. The molecule has 0 bridgehead atoms. The van der Waals surface area contributed by atoms with Crippen LogP contribution in [0.5, 0.6) is 0 Å². The van der Waals surface area contributed by atoms with E-state index in [-0.39, 0.29) is 17.2 Å². The van der Waals surface area contributed by atoms with E-state index in [1.165, 1.54) is 12.8 Å². The van der Waals surface area contributed by atoms with Crippen LogP contribution in [-0.2, 0) is 4.79 Å². The van der Waals surface area contributed by atoms with Crippen LogP contribution in [-0.4, -0.2) is 12.5 Å². The van der Waals surface area contributed by atoms with E-state index >= 15 is 0 Å². The van der Waals surface area contributed by atoms with Gasteiger partial charge in [-0.05, 0) is 37.0 Å². The molecule has 2 heteroatoms. The van der Waals surface area contributed by atoms with Gasteiger partial charge in [-0.15, -0.1) is 0 Å². The van der Waals surface area contributed by atoms with E-state index in [1.807, 2.05) is 0 Å². The second kappa shape index (κ2) is 5.00. The number of hydrogen-bond donors (Lipinski definition) is 1. The molecule has 0 aromatic carbocycles. The molecule has 0 saturated heterocycles. The first-order chi connectivity index (χ1) is 6.88. The van der Waals surface area contributed by atoms with Gasteiger partial charge in [-0.25, -0.2) is 0 Å². The van der Waals surface area contributed by atoms with Gasteiger partial charge in [-0.3, -0.25) is 4.79 Å². The van der Waals surface area contributed by atoms with E-state index in [4.69, 9.17) is 0 Å². The van der Waals surface area contributed by atoms with Crippen molar-refractivity contribution in [3.05, 3.63) is 0 Å². The van der Waals surface area contributed by atoms with Crippen molar-refractivity contribution in [3.8, 4) is 0 Å². The van der Waals surface area contributed by atoms with Crippen molar-refractivity contribution in [2.45, 2.75) is 53.4 Å². The molecule has 1 aliphatic rings. The number of nitrogens with one attached hydrogen (secondary N) is 1. The molecule has 0 spiro atoms. The lowest BCUT2D eigenvalue weighted by molar-refractivity contribution is -0.126. The smallest absolute Gasteiger partial charge is 0.223 e. The summed E-state index contributed by atoms with van der Waals surface area (Å²) in [5.74, 6) is 1.37. The summed E-state index contributed by atoms with van der Waals surface area (Å²) in [6.07, 6.45) is 4.59. The van der Waals surface area contributed by atoms with Crippen LogP contribution in [0, 0.1) is 17.3 Å². The van der Waals surface area contributed by atoms with E-state index in [9.17, 15) is 4.79 Å². The molecular formula is C13H25NO. The Morgan fingerprint density at radius 1 is 1.20 bits per heavy atom. The summed E-state index contributed by atoms with van der Waals surface area (Å²) in [5, 5.41) is 3.07. The molecule has 0 atom stereocenters. The van der Waals surface area contributed by atoms with Crippen LogP contribution in [0.1, 0.15) is 53.4 Å². The molecule has 1 rings (SSSR count). The molecule has 1 fully saturated rings. The van der Waals surface area contributed by atoms with Gasteiger partial charge in [-0.2, -0.15) is 0 Å². The van der Waals surface area contributed by atoms with E-state index in [1.54, 1.807) is 0 Å². The van der Waals surface area contributed by atoms with E-state index in [0.29, 0.717) is 0 Å². The minimum atomic E-state index is 0.192. The van der Waals surface area contributed by atoms with Crippen LogP contribution in [0.15, 0.2) is 0 Å². The standard InChI is InChI=1S/C13H25NO/c1-10-5-7-11(8-6-10)12(15)14-9-13(2,3)4/h10-11H,5-9H2,1-4H3,(H,14,15). The fourth-order valence-electron chi connectivity index (χ4n) is 2.02. The second-order valence-corrected chi connectivity index (χ2v) is 6.24. The molecule has 0 aromatic rings. The van der Waals surface area contributed by atoms with Gasteiger partial charge in [0.15, 0.2) is 0 Å². The Hall–Kier alpha value is -0.530. The SMILES string of the molecule is CC1CCC(C(=O)NCC(C)(C)C)CC1. The summed E-state index contributed by atoms with van der Waals surface area (Å²) < 4.78 is 0. The summed E-state index contributed by atoms with van der Waals surface area (Å²) in [5.41, 5.74) is 0.192. The van der Waals surface area contributed by atoms with Gasteiger partial charge in [0, 0.05) is 12.5 Å². The number of hydrogen-bond acceptors (Lipinski definition) is 1. The predicted octanol–water partition coefficient (Wildman–Crippen LogP) is 2.98. The first-order valence-corrected chi connectivity index (χ1v) is 6.16. The highest BCUT2D eigenvalue weighted by atomic mass is 16.1. The molecule has 1 amide bonds. The van der Waals surface area contributed by atoms with E-state index in [2.05, 4.69) is 33.0 Å². The summed E-state index contributed by atoms with van der Waals surface area (Å²) in [4.78, 5) is 11.8. The first-order valence-electron chi connectivity index (χ1n) is 6.16. The van der Waals surface area contributed by atoms with E-state index < -0.39 is 0 Å². The summed E-state index contributed by atoms with van der Waals surface area (Å²) in [6.45, 7) is 9.52. The molecule has 1 aliphatic carbocycles. The molecule has 0 radical (unpaired) electrons. The van der Waals surface area contributed by atoms with Gasteiger partial charge in [-0.1, -0.05) is 27.7 Å². The topological polar surface area (TPSA) is 29.1 Å². The Labute approximate surface area is 93.8 Å². The van der Waals surface area contributed by atoms with Gasteiger partial charge < -0.3 is 5.32 Å². The van der Waals surface area contributed by atoms with Gasteiger partial charge in [0.2, 0.25) is 5.91 Å². The fourth-order valence-corrected chi connectivity index (χ4v) is 2.02. The molecule has 1 saturated carbocycles. The van der Waals surface area contributed by atoms with Crippen molar-refractivity contribution in [2.24, 2.45) is 17.3 Å². The lowest BCUT2D eigenvalue weighted by Crippen LogP contribution is -2.37. The maximum atomic E-state index is 11.8. The largest absolute Gasteiger partial charge is 0.355 e. The number of carbonyl (C=O) groups is 1. The first kappa shape index (κ1) is 12.5. The number of carbonyl (C=O) groups excluding carboxylic acids is 1. The van der Waals surface area contributed by atoms with Crippen molar-refractivity contribution in [3.63, 3.8) is 0 Å². The third kappa shape index (κ3) is 4.67. The second-order valence-electron chi connectivity index (χ2n) is 6.24. The monoisotopic (exact) mass is 211 g/mol. The zero-order valence-electron chi connectivity index (χ0n) is 10.6. The third-order valence-electron chi connectivity index (χ3n) is 3.18. The molecular weight excluding hydrogens is 186 g/mol. The Morgan fingerprint density at radius 2 is 1.73 bits per heavy atom. The lowest BCUT2D eigenvalue weighted by atomic mass is 9.82. The predicted molar refractivity (Wildman–Crippen MR) is 63.6 cm³/mol. The highest BCUT2D eigenvalue weighted by Gasteiger charge is 2.24. The molecule has 0 heterocycles. The highest BCUT2D eigenvalue weighted by Crippen LogP contribution is 2.28. The van der Waals surface area contributed by atoms with Crippen LogP contribution in [0.2, 0.25) is 0 Å². The molecule has 2 nitrogen and oxygen atoms in total. The van der Waals surface area contributed by atoms with Crippen LogP contribution >= 0.6 is 0 Å². The molecule has 0 aromatic heterocycles. The van der Waals surface area contributed by atoms with Crippen LogP contribution < -0.4 is 5.32 Å². The van der Waals surface area contributed by atoms with Crippen molar-refractivity contribution in [2.75, 3.05) is 6.54 Å². The van der Waals surface area contributed by atoms with Gasteiger partial charge >= 0.3 is 0 Å². The summed E-state index contributed by atoms with van der Waals surface area (Å²) in [6, 6.07) is 0. The average Bonchev–Trinajstić information content (AvgIpc) is 2.14. The minimum Gasteiger partial charge on any atom is -0.355 e. The summed E-state index contributed by atoms with van der Waals surface area (Å²) in [7, 11) is 0. The van der Waals surface area contributed by atoms with Crippen LogP contribution in [0.4, 0.5) is 0 Å². The molecule has 0 aliphatic heterocycles. The van der Waals surface area contributed by atoms with Gasteiger partial charge in [0.25, 0.3) is 0 Å². The number of rotatable bonds is 2.